The maximum Gasteiger partial charge on any atom is 0.244 e. The molecule has 0 saturated carbocycles. The van der Waals surface area contributed by atoms with Gasteiger partial charge in [0.2, 0.25) is 15.9 Å². The second-order valence-electron chi connectivity index (χ2n) is 6.17. The van der Waals surface area contributed by atoms with Gasteiger partial charge in [-0.05, 0) is 37.1 Å². The lowest BCUT2D eigenvalue weighted by atomic mass is 10.1. The van der Waals surface area contributed by atoms with E-state index in [0.717, 1.165) is 21.7 Å². The quantitative estimate of drug-likeness (QED) is 0.781. The van der Waals surface area contributed by atoms with Crippen LogP contribution in [0.3, 0.4) is 0 Å². The molecule has 5 nitrogen and oxygen atoms in total. The van der Waals surface area contributed by atoms with Crippen LogP contribution in [0.1, 0.15) is 24.5 Å². The summed E-state index contributed by atoms with van der Waals surface area (Å²) < 4.78 is 25.9. The van der Waals surface area contributed by atoms with Crippen molar-refractivity contribution >= 4 is 33.2 Å². The summed E-state index contributed by atoms with van der Waals surface area (Å²) in [7, 11) is -3.67. The Morgan fingerprint density at radius 2 is 1.88 bits per heavy atom. The fourth-order valence-corrected chi connectivity index (χ4v) is 4.19. The van der Waals surface area contributed by atoms with E-state index in [1.807, 2.05) is 31.2 Å². The molecule has 7 heteroatoms. The van der Waals surface area contributed by atoms with Crippen molar-refractivity contribution < 1.29 is 13.2 Å². The summed E-state index contributed by atoms with van der Waals surface area (Å²) in [6.45, 7) is 4.09. The van der Waals surface area contributed by atoms with Gasteiger partial charge in [-0.3, -0.25) is 9.10 Å². The summed E-state index contributed by atoms with van der Waals surface area (Å²) in [5.74, 6) is -0.348. The lowest BCUT2D eigenvalue weighted by Gasteiger charge is -2.30. The minimum Gasteiger partial charge on any atom is -0.350 e. The fraction of sp³-hybridized carbons (Fsp3) is 0.316. The van der Waals surface area contributed by atoms with Crippen molar-refractivity contribution in [2.75, 3.05) is 10.6 Å². The monoisotopic (exact) mass is 394 g/mol. The van der Waals surface area contributed by atoms with Gasteiger partial charge in [-0.2, -0.15) is 0 Å². The van der Waals surface area contributed by atoms with E-state index >= 15 is 0 Å². The summed E-state index contributed by atoms with van der Waals surface area (Å²) in [5.41, 5.74) is 2.43. The van der Waals surface area contributed by atoms with Crippen molar-refractivity contribution in [3.8, 4) is 0 Å². The molecule has 0 aliphatic heterocycles. The molecular formula is C19H23ClN2O3S. The van der Waals surface area contributed by atoms with Gasteiger partial charge >= 0.3 is 0 Å². The van der Waals surface area contributed by atoms with Crippen LogP contribution in [0.2, 0.25) is 5.02 Å². The molecule has 0 radical (unpaired) electrons. The van der Waals surface area contributed by atoms with Gasteiger partial charge in [0.1, 0.15) is 6.04 Å². The molecule has 0 bridgehead atoms. The molecule has 1 amide bonds. The molecule has 2 aromatic rings. The van der Waals surface area contributed by atoms with Crippen LogP contribution in [-0.4, -0.2) is 26.6 Å². The average Bonchev–Trinajstić information content (AvgIpc) is 2.56. The zero-order valence-electron chi connectivity index (χ0n) is 15.1. The molecule has 1 N–H and O–H groups in total. The second kappa shape index (κ2) is 8.56. The number of amides is 1. The van der Waals surface area contributed by atoms with Crippen molar-refractivity contribution in [2.24, 2.45) is 0 Å². The highest BCUT2D eigenvalue weighted by molar-refractivity contribution is 7.92. The largest absolute Gasteiger partial charge is 0.350 e. The first-order valence-electron chi connectivity index (χ1n) is 8.30. The van der Waals surface area contributed by atoms with Gasteiger partial charge in [-0.15, -0.1) is 0 Å². The zero-order chi connectivity index (χ0) is 19.3. The Kier molecular flexibility index (Phi) is 6.67. The SMILES string of the molecule is CCC(C(=O)NCc1cccc(C)c1)N(c1cccc(Cl)c1)S(C)(=O)=O. The summed E-state index contributed by atoms with van der Waals surface area (Å²) in [5, 5.41) is 3.24. The lowest BCUT2D eigenvalue weighted by molar-refractivity contribution is -0.122. The van der Waals surface area contributed by atoms with Crippen molar-refractivity contribution in [1.82, 2.24) is 5.32 Å². The zero-order valence-corrected chi connectivity index (χ0v) is 16.6. The summed E-state index contributed by atoms with van der Waals surface area (Å²) in [4.78, 5) is 12.7. The maximum absolute atomic E-state index is 12.7. The molecule has 0 aliphatic carbocycles. The number of hydrogen-bond acceptors (Lipinski definition) is 3. The first kappa shape index (κ1) is 20.3. The summed E-state index contributed by atoms with van der Waals surface area (Å²) in [6, 6.07) is 13.4. The maximum atomic E-state index is 12.7. The Balaban J connectivity index is 2.25. The van der Waals surface area contributed by atoms with E-state index < -0.39 is 16.1 Å². The molecule has 0 aromatic heterocycles. The third kappa shape index (κ3) is 5.22. The van der Waals surface area contributed by atoms with Gasteiger partial charge in [-0.25, -0.2) is 8.42 Å². The van der Waals surface area contributed by atoms with E-state index in [4.69, 9.17) is 11.6 Å². The highest BCUT2D eigenvalue weighted by Crippen LogP contribution is 2.25. The smallest absolute Gasteiger partial charge is 0.244 e. The Hall–Kier alpha value is -2.05. The third-order valence-corrected chi connectivity index (χ3v) is 5.36. The first-order chi connectivity index (χ1) is 12.2. The van der Waals surface area contributed by atoms with E-state index in [0.29, 0.717) is 23.7 Å². The fourth-order valence-electron chi connectivity index (χ4n) is 2.80. The number of carbonyl (C=O) groups is 1. The van der Waals surface area contributed by atoms with Crippen LogP contribution in [0, 0.1) is 6.92 Å². The van der Waals surface area contributed by atoms with Gasteiger partial charge in [0.05, 0.1) is 11.9 Å². The number of aryl methyl sites for hydroxylation is 1. The molecule has 0 saturated heterocycles. The number of benzene rings is 2. The van der Waals surface area contributed by atoms with Crippen molar-refractivity contribution in [3.05, 3.63) is 64.7 Å². The Labute approximate surface area is 160 Å². The van der Waals surface area contributed by atoms with Crippen molar-refractivity contribution in [1.29, 1.82) is 0 Å². The van der Waals surface area contributed by atoms with Crippen LogP contribution >= 0.6 is 11.6 Å². The molecular weight excluding hydrogens is 372 g/mol. The summed E-state index contributed by atoms with van der Waals surface area (Å²) >= 11 is 6.00. The number of sulfonamides is 1. The van der Waals surface area contributed by atoms with Crippen LogP contribution in [0.5, 0.6) is 0 Å². The van der Waals surface area contributed by atoms with Crippen LogP contribution in [0.25, 0.3) is 0 Å². The number of halogens is 1. The summed E-state index contributed by atoms with van der Waals surface area (Å²) in [6.07, 6.45) is 1.42. The molecule has 140 valence electrons. The number of anilines is 1. The number of nitrogens with one attached hydrogen (secondary N) is 1. The van der Waals surface area contributed by atoms with Gasteiger partial charge < -0.3 is 5.32 Å². The minimum atomic E-state index is -3.67. The minimum absolute atomic E-state index is 0.333. The van der Waals surface area contributed by atoms with E-state index in [1.165, 1.54) is 0 Å². The molecule has 26 heavy (non-hydrogen) atoms. The van der Waals surface area contributed by atoms with Crippen LogP contribution in [-0.2, 0) is 21.4 Å². The van der Waals surface area contributed by atoms with Gasteiger partial charge in [0.25, 0.3) is 0 Å². The molecule has 0 fully saturated rings. The van der Waals surface area contributed by atoms with Crippen LogP contribution < -0.4 is 9.62 Å². The molecule has 1 atom stereocenters. The van der Waals surface area contributed by atoms with Crippen LogP contribution in [0.4, 0.5) is 5.69 Å². The Morgan fingerprint density at radius 3 is 2.46 bits per heavy atom. The van der Waals surface area contributed by atoms with Gasteiger partial charge in [0.15, 0.2) is 0 Å². The third-order valence-electron chi connectivity index (χ3n) is 3.94. The number of hydrogen-bond donors (Lipinski definition) is 1. The molecule has 0 spiro atoms. The predicted molar refractivity (Wildman–Crippen MR) is 106 cm³/mol. The van der Waals surface area contributed by atoms with Crippen LogP contribution in [0.15, 0.2) is 48.5 Å². The highest BCUT2D eigenvalue weighted by Gasteiger charge is 2.31. The standard InChI is InChI=1S/C19H23ClN2O3S/c1-4-18(19(23)21-13-15-8-5-7-14(2)11-15)22(26(3,24)25)17-10-6-9-16(20)12-17/h5-12,18H,4,13H2,1-3H3,(H,21,23). The van der Waals surface area contributed by atoms with Crippen molar-refractivity contribution in [3.63, 3.8) is 0 Å². The second-order valence-corrected chi connectivity index (χ2v) is 8.47. The van der Waals surface area contributed by atoms with Crippen molar-refractivity contribution in [2.45, 2.75) is 32.9 Å². The number of carbonyl (C=O) groups excluding carboxylic acids is 1. The molecule has 0 aliphatic rings. The average molecular weight is 395 g/mol. The molecule has 1 unspecified atom stereocenters. The van der Waals surface area contributed by atoms with E-state index in [2.05, 4.69) is 5.32 Å². The van der Waals surface area contributed by atoms with Gasteiger partial charge in [-0.1, -0.05) is 54.4 Å². The van der Waals surface area contributed by atoms with E-state index in [-0.39, 0.29) is 5.91 Å². The molecule has 2 rings (SSSR count). The predicted octanol–water partition coefficient (Wildman–Crippen LogP) is 3.51. The van der Waals surface area contributed by atoms with Gasteiger partial charge in [0, 0.05) is 11.6 Å². The first-order valence-corrected chi connectivity index (χ1v) is 10.5. The molecule has 0 heterocycles. The van der Waals surface area contributed by atoms with E-state index in [9.17, 15) is 13.2 Å². The number of rotatable bonds is 7. The number of nitrogens with zero attached hydrogens (tertiary/aromatic N) is 1. The Bertz CT molecular complexity index is 884. The topological polar surface area (TPSA) is 66.5 Å². The van der Waals surface area contributed by atoms with E-state index in [1.54, 1.807) is 31.2 Å². The normalized spacial score (nSPS) is 12.5. The Morgan fingerprint density at radius 1 is 1.19 bits per heavy atom. The highest BCUT2D eigenvalue weighted by atomic mass is 35.5. The lowest BCUT2D eigenvalue weighted by Crippen LogP contribution is -2.49. The molecule has 2 aromatic carbocycles.